The maximum atomic E-state index is 5.74. The summed E-state index contributed by atoms with van der Waals surface area (Å²) in [5, 5.41) is 3.78. The molecule has 2 rings (SSSR count). The van der Waals surface area contributed by atoms with Gasteiger partial charge in [-0.2, -0.15) is 0 Å². The van der Waals surface area contributed by atoms with Crippen LogP contribution < -0.4 is 5.32 Å². The van der Waals surface area contributed by atoms with Gasteiger partial charge in [-0.05, 0) is 50.7 Å². The van der Waals surface area contributed by atoms with Crippen LogP contribution in [0.1, 0.15) is 44.2 Å². The van der Waals surface area contributed by atoms with Gasteiger partial charge in [0.15, 0.2) is 0 Å². The van der Waals surface area contributed by atoms with Gasteiger partial charge in [-0.15, -0.1) is 0 Å². The molecule has 106 valence electrons. The predicted octanol–water partition coefficient (Wildman–Crippen LogP) is 3.47. The highest BCUT2D eigenvalue weighted by atomic mass is 16.5. The average molecular weight is 261 g/mol. The van der Waals surface area contributed by atoms with Crippen molar-refractivity contribution in [2.45, 2.75) is 64.6 Å². The van der Waals surface area contributed by atoms with Gasteiger partial charge in [0.25, 0.3) is 0 Å². The van der Waals surface area contributed by atoms with Crippen LogP contribution >= 0.6 is 0 Å². The highest BCUT2D eigenvalue weighted by molar-refractivity contribution is 5.26. The van der Waals surface area contributed by atoms with Crippen molar-refractivity contribution in [1.29, 1.82) is 0 Å². The Bertz CT molecular complexity index is 391. The summed E-state index contributed by atoms with van der Waals surface area (Å²) in [7, 11) is 0. The minimum Gasteiger partial charge on any atom is -0.378 e. The lowest BCUT2D eigenvalue weighted by Crippen LogP contribution is -2.43. The largest absolute Gasteiger partial charge is 0.378 e. The number of rotatable bonds is 5. The molecule has 2 heteroatoms. The van der Waals surface area contributed by atoms with Gasteiger partial charge in [0.1, 0.15) is 0 Å². The predicted molar refractivity (Wildman–Crippen MR) is 80.5 cm³/mol. The molecule has 0 bridgehead atoms. The van der Waals surface area contributed by atoms with E-state index in [1.807, 2.05) is 0 Å². The zero-order valence-corrected chi connectivity index (χ0v) is 12.5. The molecule has 1 aliphatic rings. The maximum Gasteiger partial charge on any atom is 0.0587 e. The summed E-state index contributed by atoms with van der Waals surface area (Å²) in [4.78, 5) is 0. The fourth-order valence-electron chi connectivity index (χ4n) is 2.95. The zero-order valence-electron chi connectivity index (χ0n) is 12.5. The molecule has 2 nitrogen and oxygen atoms in total. The third kappa shape index (κ3) is 4.32. The van der Waals surface area contributed by atoms with Crippen molar-refractivity contribution in [3.05, 3.63) is 35.4 Å². The molecule has 0 saturated carbocycles. The van der Waals surface area contributed by atoms with E-state index in [9.17, 15) is 0 Å². The van der Waals surface area contributed by atoms with Crippen LogP contribution in [-0.2, 0) is 11.2 Å². The Morgan fingerprint density at radius 1 is 1.37 bits per heavy atom. The van der Waals surface area contributed by atoms with Crippen LogP contribution in [0.5, 0.6) is 0 Å². The molecule has 3 atom stereocenters. The SMILES string of the molecule is CCC1CC(NC(C)Cc2ccccc2C)CCO1. The Kier molecular flexibility index (Phi) is 5.41. The Labute approximate surface area is 117 Å². The average Bonchev–Trinajstić information content (AvgIpc) is 2.41. The second kappa shape index (κ2) is 7.06. The van der Waals surface area contributed by atoms with Gasteiger partial charge in [-0.1, -0.05) is 31.2 Å². The lowest BCUT2D eigenvalue weighted by atomic mass is 9.98. The Morgan fingerprint density at radius 2 is 2.16 bits per heavy atom. The van der Waals surface area contributed by atoms with E-state index in [1.54, 1.807) is 0 Å². The van der Waals surface area contributed by atoms with Crippen LogP contribution in [0.4, 0.5) is 0 Å². The first-order valence-corrected chi connectivity index (χ1v) is 7.61. The van der Waals surface area contributed by atoms with E-state index in [0.29, 0.717) is 18.2 Å². The molecule has 0 radical (unpaired) electrons. The molecule has 1 aliphatic heterocycles. The first-order chi connectivity index (χ1) is 9.19. The van der Waals surface area contributed by atoms with E-state index in [-0.39, 0.29) is 0 Å². The summed E-state index contributed by atoms with van der Waals surface area (Å²) in [5.41, 5.74) is 2.86. The third-order valence-electron chi connectivity index (χ3n) is 4.13. The number of benzene rings is 1. The highest BCUT2D eigenvalue weighted by Crippen LogP contribution is 2.17. The normalized spacial score (nSPS) is 25.2. The Hall–Kier alpha value is -0.860. The van der Waals surface area contributed by atoms with Crippen LogP contribution in [0.2, 0.25) is 0 Å². The quantitative estimate of drug-likeness (QED) is 0.876. The lowest BCUT2D eigenvalue weighted by molar-refractivity contribution is -0.00158. The van der Waals surface area contributed by atoms with E-state index >= 15 is 0 Å². The maximum absolute atomic E-state index is 5.74. The van der Waals surface area contributed by atoms with Crippen molar-refractivity contribution in [3.63, 3.8) is 0 Å². The molecular weight excluding hydrogens is 234 g/mol. The van der Waals surface area contributed by atoms with Crippen LogP contribution in [0.3, 0.4) is 0 Å². The molecular formula is C17H27NO. The molecule has 0 amide bonds. The number of aryl methyl sites for hydroxylation is 1. The van der Waals surface area contributed by atoms with Crippen LogP contribution in [-0.4, -0.2) is 24.8 Å². The fraction of sp³-hybridized carbons (Fsp3) is 0.647. The van der Waals surface area contributed by atoms with E-state index in [2.05, 4.69) is 50.4 Å². The van der Waals surface area contributed by atoms with Gasteiger partial charge >= 0.3 is 0 Å². The van der Waals surface area contributed by atoms with E-state index < -0.39 is 0 Å². The Morgan fingerprint density at radius 3 is 2.89 bits per heavy atom. The number of ether oxygens (including phenoxy) is 1. The van der Waals surface area contributed by atoms with E-state index in [4.69, 9.17) is 4.74 Å². The van der Waals surface area contributed by atoms with Gasteiger partial charge in [-0.25, -0.2) is 0 Å². The Balaban J connectivity index is 1.84. The van der Waals surface area contributed by atoms with Crippen LogP contribution in [0.25, 0.3) is 0 Å². The molecule has 0 spiro atoms. The number of nitrogens with one attached hydrogen (secondary N) is 1. The molecule has 1 fully saturated rings. The van der Waals surface area contributed by atoms with Crippen molar-refractivity contribution < 1.29 is 4.74 Å². The molecule has 0 aromatic heterocycles. The van der Waals surface area contributed by atoms with Crippen molar-refractivity contribution in [2.24, 2.45) is 0 Å². The number of hydrogen-bond donors (Lipinski definition) is 1. The molecule has 1 N–H and O–H groups in total. The molecule has 0 aliphatic carbocycles. The van der Waals surface area contributed by atoms with Gasteiger partial charge < -0.3 is 10.1 Å². The van der Waals surface area contributed by atoms with Gasteiger partial charge in [0.2, 0.25) is 0 Å². The fourth-order valence-corrected chi connectivity index (χ4v) is 2.95. The first-order valence-electron chi connectivity index (χ1n) is 7.61. The number of hydrogen-bond acceptors (Lipinski definition) is 2. The molecule has 1 aromatic rings. The summed E-state index contributed by atoms with van der Waals surface area (Å²) in [6.45, 7) is 7.61. The second-order valence-electron chi connectivity index (χ2n) is 5.82. The van der Waals surface area contributed by atoms with Crippen LogP contribution in [0, 0.1) is 6.92 Å². The molecule has 1 aromatic carbocycles. The standard InChI is InChI=1S/C17H27NO/c1-4-17-12-16(9-10-19-17)18-14(3)11-15-8-6-5-7-13(15)2/h5-8,14,16-18H,4,9-12H2,1-3H3. The lowest BCUT2D eigenvalue weighted by Gasteiger charge is -2.32. The van der Waals surface area contributed by atoms with Crippen molar-refractivity contribution >= 4 is 0 Å². The molecule has 1 saturated heterocycles. The summed E-state index contributed by atoms with van der Waals surface area (Å²) in [6.07, 6.45) is 5.01. The summed E-state index contributed by atoms with van der Waals surface area (Å²) < 4.78 is 5.74. The smallest absolute Gasteiger partial charge is 0.0587 e. The highest BCUT2D eigenvalue weighted by Gasteiger charge is 2.22. The van der Waals surface area contributed by atoms with Crippen molar-refractivity contribution in [1.82, 2.24) is 5.32 Å². The van der Waals surface area contributed by atoms with Crippen molar-refractivity contribution in [2.75, 3.05) is 6.61 Å². The zero-order chi connectivity index (χ0) is 13.7. The molecule has 3 unspecified atom stereocenters. The van der Waals surface area contributed by atoms with Gasteiger partial charge in [-0.3, -0.25) is 0 Å². The monoisotopic (exact) mass is 261 g/mol. The summed E-state index contributed by atoms with van der Waals surface area (Å²) in [5.74, 6) is 0. The minimum atomic E-state index is 0.455. The third-order valence-corrected chi connectivity index (χ3v) is 4.13. The summed E-state index contributed by atoms with van der Waals surface area (Å²) in [6, 6.07) is 9.84. The van der Waals surface area contributed by atoms with E-state index in [0.717, 1.165) is 32.3 Å². The van der Waals surface area contributed by atoms with Crippen LogP contribution in [0.15, 0.2) is 24.3 Å². The van der Waals surface area contributed by atoms with Crippen molar-refractivity contribution in [3.8, 4) is 0 Å². The van der Waals surface area contributed by atoms with Gasteiger partial charge in [0, 0.05) is 18.7 Å². The van der Waals surface area contributed by atoms with E-state index in [1.165, 1.54) is 11.1 Å². The minimum absolute atomic E-state index is 0.455. The van der Waals surface area contributed by atoms with Gasteiger partial charge in [0.05, 0.1) is 6.10 Å². The molecule has 19 heavy (non-hydrogen) atoms. The summed E-state index contributed by atoms with van der Waals surface area (Å²) >= 11 is 0. The first kappa shape index (κ1) is 14.5. The second-order valence-corrected chi connectivity index (χ2v) is 5.82. The topological polar surface area (TPSA) is 21.3 Å². The molecule has 1 heterocycles.